The second-order valence-electron chi connectivity index (χ2n) is 6.27. The number of carbonyl (C=O) groups is 1. The molecular formula is C21H19BrN2O2. The number of aromatic nitrogens is 1. The van der Waals surface area contributed by atoms with Crippen LogP contribution in [0.3, 0.4) is 0 Å². The number of carbonyl (C=O) groups excluding carboxylic acids is 1. The number of halogens is 1. The van der Waals surface area contributed by atoms with Crippen LogP contribution in [-0.4, -0.2) is 22.8 Å². The first-order valence-corrected chi connectivity index (χ1v) is 9.03. The van der Waals surface area contributed by atoms with E-state index >= 15 is 0 Å². The maximum atomic E-state index is 12.6. The molecule has 0 radical (unpaired) electrons. The highest BCUT2D eigenvalue weighted by atomic mass is 79.9. The van der Waals surface area contributed by atoms with E-state index < -0.39 is 0 Å². The van der Waals surface area contributed by atoms with E-state index in [2.05, 4.69) is 20.9 Å². The standard InChI is InChI=1S/C21H19BrN2O2/c1-14-4-3-5-16(12-14)19-11-10-18(20(25)23-19)21(26)24(2)13-15-6-8-17(22)9-7-15/h3-12H,13H2,1-2H3,(H,23,25). The molecule has 3 aromatic rings. The third-order valence-corrected chi connectivity index (χ3v) is 4.68. The number of H-pyrrole nitrogens is 1. The van der Waals surface area contributed by atoms with E-state index in [1.165, 1.54) is 0 Å². The fraction of sp³-hybridized carbons (Fsp3) is 0.143. The van der Waals surface area contributed by atoms with Crippen LogP contribution in [-0.2, 0) is 6.54 Å². The fourth-order valence-corrected chi connectivity index (χ4v) is 3.03. The predicted molar refractivity (Wildman–Crippen MR) is 107 cm³/mol. The van der Waals surface area contributed by atoms with Crippen molar-refractivity contribution in [2.24, 2.45) is 0 Å². The smallest absolute Gasteiger partial charge is 0.261 e. The topological polar surface area (TPSA) is 53.2 Å². The normalized spacial score (nSPS) is 10.6. The van der Waals surface area contributed by atoms with Crippen LogP contribution >= 0.6 is 15.9 Å². The van der Waals surface area contributed by atoms with E-state index in [9.17, 15) is 9.59 Å². The lowest BCUT2D eigenvalue weighted by atomic mass is 10.1. The average Bonchev–Trinajstić information content (AvgIpc) is 2.63. The van der Waals surface area contributed by atoms with Crippen LogP contribution in [0.4, 0.5) is 0 Å². The fourth-order valence-electron chi connectivity index (χ4n) is 2.76. The van der Waals surface area contributed by atoms with E-state index in [-0.39, 0.29) is 17.0 Å². The Hall–Kier alpha value is -2.66. The molecule has 1 aromatic heterocycles. The molecule has 4 nitrogen and oxygen atoms in total. The van der Waals surface area contributed by atoms with Crippen molar-refractivity contribution < 1.29 is 4.79 Å². The van der Waals surface area contributed by atoms with E-state index in [1.54, 1.807) is 24.1 Å². The number of nitrogens with zero attached hydrogens (tertiary/aromatic N) is 1. The van der Waals surface area contributed by atoms with Gasteiger partial charge in [0.15, 0.2) is 0 Å². The minimum atomic E-state index is -0.378. The maximum absolute atomic E-state index is 12.6. The molecule has 1 N–H and O–H groups in total. The zero-order valence-electron chi connectivity index (χ0n) is 14.6. The first kappa shape index (κ1) is 18.1. The predicted octanol–water partition coefficient (Wildman–Crippen LogP) is 4.39. The van der Waals surface area contributed by atoms with Gasteiger partial charge in [0.2, 0.25) is 0 Å². The van der Waals surface area contributed by atoms with E-state index in [0.29, 0.717) is 12.2 Å². The highest BCUT2D eigenvalue weighted by Crippen LogP contribution is 2.17. The SMILES string of the molecule is Cc1cccc(-c2ccc(C(=O)N(C)Cc3ccc(Br)cc3)c(=O)[nH]2)c1. The van der Waals surface area contributed by atoms with Gasteiger partial charge in [-0.3, -0.25) is 9.59 Å². The molecule has 0 atom stereocenters. The third-order valence-electron chi connectivity index (χ3n) is 4.15. The van der Waals surface area contributed by atoms with Crippen molar-refractivity contribution in [2.45, 2.75) is 13.5 Å². The zero-order valence-corrected chi connectivity index (χ0v) is 16.2. The quantitative estimate of drug-likeness (QED) is 0.693. The number of pyridine rings is 1. The molecule has 3 rings (SSSR count). The molecule has 1 heterocycles. The van der Waals surface area contributed by atoms with E-state index in [4.69, 9.17) is 0 Å². The van der Waals surface area contributed by atoms with Crippen LogP contribution in [0.2, 0.25) is 0 Å². The van der Waals surface area contributed by atoms with Crippen LogP contribution in [0.15, 0.2) is 69.9 Å². The van der Waals surface area contributed by atoms with Crippen molar-refractivity contribution in [1.29, 1.82) is 0 Å². The first-order valence-electron chi connectivity index (χ1n) is 8.24. The Balaban J connectivity index is 1.81. The van der Waals surface area contributed by atoms with Crippen molar-refractivity contribution in [3.8, 4) is 11.3 Å². The van der Waals surface area contributed by atoms with Crippen molar-refractivity contribution in [2.75, 3.05) is 7.05 Å². The van der Waals surface area contributed by atoms with Crippen LogP contribution in [0.25, 0.3) is 11.3 Å². The molecule has 0 unspecified atom stereocenters. The molecule has 0 bridgehead atoms. The molecule has 26 heavy (non-hydrogen) atoms. The molecule has 0 saturated heterocycles. The van der Waals surface area contributed by atoms with Gasteiger partial charge in [-0.05, 0) is 48.4 Å². The highest BCUT2D eigenvalue weighted by molar-refractivity contribution is 9.10. The van der Waals surface area contributed by atoms with Gasteiger partial charge >= 0.3 is 0 Å². The van der Waals surface area contributed by atoms with Gasteiger partial charge in [-0.1, -0.05) is 51.8 Å². The largest absolute Gasteiger partial charge is 0.337 e. The summed E-state index contributed by atoms with van der Waals surface area (Å²) in [5, 5.41) is 0. The Morgan fingerprint density at radius 1 is 1.08 bits per heavy atom. The molecule has 0 saturated carbocycles. The van der Waals surface area contributed by atoms with E-state index in [0.717, 1.165) is 21.2 Å². The minimum absolute atomic E-state index is 0.140. The van der Waals surface area contributed by atoms with Gasteiger partial charge in [0.25, 0.3) is 11.5 Å². The summed E-state index contributed by atoms with van der Waals surface area (Å²) in [7, 11) is 1.69. The molecule has 0 aliphatic heterocycles. The van der Waals surface area contributed by atoms with Crippen LogP contribution < -0.4 is 5.56 Å². The first-order chi connectivity index (χ1) is 12.4. The molecule has 5 heteroatoms. The second kappa shape index (κ2) is 7.70. The second-order valence-corrected chi connectivity index (χ2v) is 7.19. The third kappa shape index (κ3) is 4.11. The molecule has 1 amide bonds. The van der Waals surface area contributed by atoms with Gasteiger partial charge in [-0.15, -0.1) is 0 Å². The van der Waals surface area contributed by atoms with Crippen LogP contribution in [0.5, 0.6) is 0 Å². The number of hydrogen-bond acceptors (Lipinski definition) is 2. The maximum Gasteiger partial charge on any atom is 0.261 e. The van der Waals surface area contributed by atoms with Gasteiger partial charge < -0.3 is 9.88 Å². The van der Waals surface area contributed by atoms with Crippen molar-refractivity contribution in [1.82, 2.24) is 9.88 Å². The number of nitrogens with one attached hydrogen (secondary N) is 1. The van der Waals surface area contributed by atoms with Gasteiger partial charge in [0, 0.05) is 23.8 Å². The molecule has 0 spiro atoms. The Bertz CT molecular complexity index is 993. The molecule has 0 aliphatic carbocycles. The number of amides is 1. The lowest BCUT2D eigenvalue weighted by molar-refractivity contribution is 0.0783. The number of aromatic amines is 1. The number of hydrogen-bond donors (Lipinski definition) is 1. The van der Waals surface area contributed by atoms with Crippen molar-refractivity contribution >= 4 is 21.8 Å². The van der Waals surface area contributed by atoms with Crippen LogP contribution in [0, 0.1) is 6.92 Å². The molecule has 132 valence electrons. The Labute approximate surface area is 160 Å². The summed E-state index contributed by atoms with van der Waals surface area (Å²) in [4.78, 5) is 29.4. The van der Waals surface area contributed by atoms with Gasteiger partial charge in [-0.2, -0.15) is 0 Å². The number of aryl methyl sites for hydroxylation is 1. The Kier molecular flexibility index (Phi) is 5.38. The minimum Gasteiger partial charge on any atom is -0.337 e. The highest BCUT2D eigenvalue weighted by Gasteiger charge is 2.16. The summed E-state index contributed by atoms with van der Waals surface area (Å²) in [6.45, 7) is 2.43. The lowest BCUT2D eigenvalue weighted by Crippen LogP contribution is -2.31. The van der Waals surface area contributed by atoms with Gasteiger partial charge in [0.1, 0.15) is 5.56 Å². The zero-order chi connectivity index (χ0) is 18.7. The average molecular weight is 411 g/mol. The van der Waals surface area contributed by atoms with E-state index in [1.807, 2.05) is 55.5 Å². The summed E-state index contributed by atoms with van der Waals surface area (Å²) in [5.74, 6) is -0.301. The van der Waals surface area contributed by atoms with Crippen molar-refractivity contribution in [3.05, 3.63) is 92.2 Å². The Morgan fingerprint density at radius 2 is 1.81 bits per heavy atom. The summed E-state index contributed by atoms with van der Waals surface area (Å²) in [6.07, 6.45) is 0. The number of rotatable bonds is 4. The summed E-state index contributed by atoms with van der Waals surface area (Å²) < 4.78 is 0.985. The Morgan fingerprint density at radius 3 is 2.46 bits per heavy atom. The number of benzene rings is 2. The summed E-state index contributed by atoms with van der Waals surface area (Å²) in [6, 6.07) is 19.0. The lowest BCUT2D eigenvalue weighted by Gasteiger charge is -2.17. The summed E-state index contributed by atoms with van der Waals surface area (Å²) >= 11 is 3.39. The molecule has 0 fully saturated rings. The molecule has 2 aromatic carbocycles. The molecular weight excluding hydrogens is 392 g/mol. The van der Waals surface area contributed by atoms with Crippen LogP contribution in [0.1, 0.15) is 21.5 Å². The van der Waals surface area contributed by atoms with Gasteiger partial charge in [-0.25, -0.2) is 0 Å². The van der Waals surface area contributed by atoms with Gasteiger partial charge in [0.05, 0.1) is 0 Å². The van der Waals surface area contributed by atoms with Crippen molar-refractivity contribution in [3.63, 3.8) is 0 Å². The summed E-state index contributed by atoms with van der Waals surface area (Å²) in [5.41, 5.74) is 3.49. The molecule has 0 aliphatic rings. The monoisotopic (exact) mass is 410 g/mol.